The number of rotatable bonds is 7. The van der Waals surface area contributed by atoms with Gasteiger partial charge in [0, 0.05) is 12.6 Å². The van der Waals surface area contributed by atoms with E-state index in [1.54, 1.807) is 23.7 Å². The summed E-state index contributed by atoms with van der Waals surface area (Å²) in [5.74, 6) is -0.684. The van der Waals surface area contributed by atoms with Gasteiger partial charge in [-0.2, -0.15) is 9.40 Å². The fourth-order valence-electron chi connectivity index (χ4n) is 2.79. The van der Waals surface area contributed by atoms with Crippen molar-refractivity contribution in [1.29, 1.82) is 0 Å². The summed E-state index contributed by atoms with van der Waals surface area (Å²) in [6.07, 6.45) is 0. The van der Waals surface area contributed by atoms with Crippen LogP contribution in [0.1, 0.15) is 16.8 Å². The molecular weight excluding hydrogens is 426 g/mol. The average molecular weight is 448 g/mol. The molecule has 0 bridgehead atoms. The van der Waals surface area contributed by atoms with Crippen LogP contribution in [-0.4, -0.2) is 42.1 Å². The van der Waals surface area contributed by atoms with Crippen LogP contribution >= 0.6 is 11.6 Å². The molecule has 0 saturated carbocycles. The smallest absolute Gasteiger partial charge is 0.321 e. The van der Waals surface area contributed by atoms with Crippen LogP contribution in [0, 0.1) is 13.8 Å². The number of aryl methyl sites for hydroxylation is 2. The van der Waals surface area contributed by atoms with Crippen molar-refractivity contribution < 1.29 is 17.9 Å². The minimum absolute atomic E-state index is 0.102. The molecule has 0 aliphatic heterocycles. The Bertz CT molecular complexity index is 1140. The zero-order valence-corrected chi connectivity index (χ0v) is 18.4. The predicted molar refractivity (Wildman–Crippen MR) is 114 cm³/mol. The van der Waals surface area contributed by atoms with Crippen molar-refractivity contribution in [2.45, 2.75) is 25.3 Å². The highest BCUT2D eigenvalue weighted by Crippen LogP contribution is 2.24. The lowest BCUT2D eigenvalue weighted by Gasteiger charge is -2.16. The van der Waals surface area contributed by atoms with Crippen molar-refractivity contribution >= 4 is 27.6 Å². The molecule has 7 nitrogen and oxygen atoms in total. The Hall–Kier alpha value is -2.68. The number of nitrogens with zero attached hydrogens (tertiary/aromatic N) is 3. The molecule has 1 heterocycles. The monoisotopic (exact) mass is 447 g/mol. The van der Waals surface area contributed by atoms with Crippen LogP contribution in [-0.2, 0) is 26.2 Å². The maximum atomic E-state index is 12.6. The summed E-state index contributed by atoms with van der Waals surface area (Å²) in [4.78, 5) is 12.4. The van der Waals surface area contributed by atoms with Gasteiger partial charge in [-0.3, -0.25) is 4.79 Å². The number of hydrogen-bond donors (Lipinski definition) is 0. The van der Waals surface area contributed by atoms with Crippen LogP contribution in [0.2, 0.25) is 5.15 Å². The van der Waals surface area contributed by atoms with Crippen molar-refractivity contribution in [3.05, 3.63) is 76.6 Å². The van der Waals surface area contributed by atoms with Crippen LogP contribution in [0.15, 0.2) is 59.5 Å². The summed E-state index contributed by atoms with van der Waals surface area (Å²) < 4.78 is 33.0. The average Bonchev–Trinajstić information content (AvgIpc) is 3.01. The molecule has 1 aromatic heterocycles. The zero-order chi connectivity index (χ0) is 21.9. The van der Waals surface area contributed by atoms with E-state index in [4.69, 9.17) is 16.3 Å². The number of hydrogen-bond acceptors (Lipinski definition) is 5. The van der Waals surface area contributed by atoms with E-state index in [1.165, 1.54) is 19.2 Å². The Morgan fingerprint density at radius 2 is 1.73 bits per heavy atom. The second kappa shape index (κ2) is 8.99. The molecule has 3 rings (SSSR count). The van der Waals surface area contributed by atoms with Crippen molar-refractivity contribution in [2.24, 2.45) is 0 Å². The van der Waals surface area contributed by atoms with Gasteiger partial charge in [-0.1, -0.05) is 47.5 Å². The highest BCUT2D eigenvalue weighted by atomic mass is 35.5. The van der Waals surface area contributed by atoms with Gasteiger partial charge in [-0.15, -0.1) is 0 Å². The number of para-hydroxylation sites is 1. The molecule has 0 radical (unpaired) electrons. The molecule has 0 unspecified atom stereocenters. The summed E-state index contributed by atoms with van der Waals surface area (Å²) in [6.45, 7) is 3.11. The van der Waals surface area contributed by atoms with E-state index in [0.717, 1.165) is 15.6 Å². The fraction of sp³-hybridized carbons (Fsp3) is 0.238. The largest absolute Gasteiger partial charge is 0.460 e. The summed E-state index contributed by atoms with van der Waals surface area (Å²) in [5, 5.41) is 4.73. The molecule has 0 aliphatic rings. The Balaban J connectivity index is 1.66. The number of sulfonamides is 1. The Morgan fingerprint density at radius 3 is 2.37 bits per heavy atom. The van der Waals surface area contributed by atoms with Gasteiger partial charge in [0.25, 0.3) is 0 Å². The number of aromatic nitrogens is 2. The molecule has 2 aromatic carbocycles. The lowest BCUT2D eigenvalue weighted by Crippen LogP contribution is -2.33. The van der Waals surface area contributed by atoms with Gasteiger partial charge < -0.3 is 4.74 Å². The second-order valence-electron chi connectivity index (χ2n) is 6.84. The first-order valence-corrected chi connectivity index (χ1v) is 11.0. The first-order chi connectivity index (χ1) is 14.2. The van der Waals surface area contributed by atoms with Gasteiger partial charge in [0.2, 0.25) is 10.0 Å². The molecule has 0 fully saturated rings. The van der Waals surface area contributed by atoms with Gasteiger partial charge in [0.05, 0.1) is 16.3 Å². The van der Waals surface area contributed by atoms with Crippen LogP contribution < -0.4 is 0 Å². The topological polar surface area (TPSA) is 81.5 Å². The van der Waals surface area contributed by atoms with E-state index in [-0.39, 0.29) is 11.5 Å². The van der Waals surface area contributed by atoms with Gasteiger partial charge in [0.15, 0.2) is 0 Å². The molecule has 0 N–H and O–H groups in total. The van der Waals surface area contributed by atoms with Crippen LogP contribution in [0.4, 0.5) is 0 Å². The number of carbonyl (C=O) groups excluding carboxylic acids is 1. The molecular formula is C21H22ClN3O4S. The van der Waals surface area contributed by atoms with E-state index in [0.29, 0.717) is 16.4 Å². The molecule has 0 aliphatic carbocycles. The number of esters is 1. The lowest BCUT2D eigenvalue weighted by molar-refractivity contribution is -0.144. The van der Waals surface area contributed by atoms with Gasteiger partial charge in [-0.25, -0.2) is 13.1 Å². The number of likely N-dealkylation sites (N-methyl/N-ethyl adjacent to an activating group) is 1. The number of ether oxygens (including phenoxy) is 1. The molecule has 30 heavy (non-hydrogen) atoms. The Labute approximate surface area is 180 Å². The van der Waals surface area contributed by atoms with Crippen molar-refractivity contribution in [1.82, 2.24) is 14.1 Å². The van der Waals surface area contributed by atoms with Gasteiger partial charge >= 0.3 is 5.97 Å². The van der Waals surface area contributed by atoms with Crippen LogP contribution in [0.25, 0.3) is 5.69 Å². The summed E-state index contributed by atoms with van der Waals surface area (Å²) in [6, 6.07) is 15.8. The van der Waals surface area contributed by atoms with Crippen LogP contribution in [0.5, 0.6) is 0 Å². The Kier molecular flexibility index (Phi) is 6.60. The SMILES string of the molecule is Cc1ccc(S(=O)(=O)N(C)CC(=O)OCc2c(C)nn(-c3ccccc3)c2Cl)cc1. The normalized spacial score (nSPS) is 11.6. The standard InChI is InChI=1S/C21H22ClN3O4S/c1-15-9-11-18(12-10-15)30(27,28)24(3)13-20(26)29-14-19-16(2)23-25(21(19)22)17-7-5-4-6-8-17/h4-12H,13-14H2,1-3H3. The molecule has 0 atom stereocenters. The highest BCUT2D eigenvalue weighted by Gasteiger charge is 2.24. The lowest BCUT2D eigenvalue weighted by atomic mass is 10.2. The summed E-state index contributed by atoms with van der Waals surface area (Å²) in [7, 11) is -2.46. The van der Waals surface area contributed by atoms with Gasteiger partial charge in [0.1, 0.15) is 18.3 Å². The maximum Gasteiger partial charge on any atom is 0.321 e. The van der Waals surface area contributed by atoms with Crippen molar-refractivity contribution in [3.63, 3.8) is 0 Å². The molecule has 3 aromatic rings. The Morgan fingerprint density at radius 1 is 1.10 bits per heavy atom. The third-order valence-corrected chi connectivity index (χ3v) is 6.79. The minimum Gasteiger partial charge on any atom is -0.460 e. The second-order valence-corrected chi connectivity index (χ2v) is 9.24. The maximum absolute atomic E-state index is 12.6. The highest BCUT2D eigenvalue weighted by molar-refractivity contribution is 7.89. The van der Waals surface area contributed by atoms with E-state index < -0.39 is 22.5 Å². The number of carbonyl (C=O) groups is 1. The van der Waals surface area contributed by atoms with Gasteiger partial charge in [-0.05, 0) is 38.1 Å². The van der Waals surface area contributed by atoms with Crippen molar-refractivity contribution in [3.8, 4) is 5.69 Å². The first-order valence-electron chi connectivity index (χ1n) is 9.18. The molecule has 0 amide bonds. The third kappa shape index (κ3) is 4.72. The summed E-state index contributed by atoms with van der Waals surface area (Å²) >= 11 is 6.42. The van der Waals surface area contributed by atoms with E-state index in [2.05, 4.69) is 5.10 Å². The number of halogens is 1. The zero-order valence-electron chi connectivity index (χ0n) is 16.9. The first kappa shape index (κ1) is 22.0. The number of benzene rings is 2. The van der Waals surface area contributed by atoms with E-state index >= 15 is 0 Å². The summed E-state index contributed by atoms with van der Waals surface area (Å²) in [5.41, 5.74) is 2.92. The molecule has 9 heteroatoms. The van der Waals surface area contributed by atoms with Crippen LogP contribution in [0.3, 0.4) is 0 Å². The molecule has 0 saturated heterocycles. The van der Waals surface area contributed by atoms with E-state index in [9.17, 15) is 13.2 Å². The molecule has 0 spiro atoms. The molecule has 158 valence electrons. The van der Waals surface area contributed by atoms with E-state index in [1.807, 2.05) is 37.3 Å². The predicted octanol–water partition coefficient (Wildman–Crippen LogP) is 3.51. The fourth-order valence-corrected chi connectivity index (χ4v) is 4.23. The third-order valence-electron chi connectivity index (χ3n) is 4.58. The van der Waals surface area contributed by atoms with Crippen molar-refractivity contribution in [2.75, 3.05) is 13.6 Å². The quantitative estimate of drug-likeness (QED) is 0.518. The minimum atomic E-state index is -3.79.